The minimum atomic E-state index is -4.34. The van der Waals surface area contributed by atoms with E-state index in [4.69, 9.17) is 0 Å². The topological polar surface area (TPSA) is 43.4 Å². The van der Waals surface area contributed by atoms with Crippen molar-refractivity contribution in [2.45, 2.75) is 35.4 Å². The third-order valence-electron chi connectivity index (χ3n) is 2.60. The second-order valence-corrected chi connectivity index (χ2v) is 7.01. The Morgan fingerprint density at radius 3 is 2.14 bits per heavy atom. The molecular formula is C12H13BrF4O3S. The van der Waals surface area contributed by atoms with Gasteiger partial charge in [-0.25, -0.2) is 0 Å². The monoisotopic (exact) mass is 392 g/mol. The molecule has 0 saturated carbocycles. The van der Waals surface area contributed by atoms with Crippen molar-refractivity contribution in [1.29, 1.82) is 0 Å². The summed E-state index contributed by atoms with van der Waals surface area (Å²) in [5.74, 6) is -4.27. The fraction of sp³-hybridized carbons (Fsp3) is 0.500. The molecule has 3 nitrogen and oxygen atoms in total. The third-order valence-corrected chi connectivity index (χ3v) is 4.50. The zero-order valence-corrected chi connectivity index (χ0v) is 13.4. The van der Waals surface area contributed by atoms with Crippen LogP contribution < -0.4 is 0 Å². The number of alkyl halides is 5. The van der Waals surface area contributed by atoms with Gasteiger partial charge in [0.25, 0.3) is 10.1 Å². The van der Waals surface area contributed by atoms with Gasteiger partial charge in [-0.3, -0.25) is 4.18 Å². The molecule has 0 aliphatic heterocycles. The van der Waals surface area contributed by atoms with E-state index in [2.05, 4.69) is 4.18 Å². The van der Waals surface area contributed by atoms with Crippen LogP contribution in [0.2, 0.25) is 0 Å². The Morgan fingerprint density at radius 1 is 1.14 bits per heavy atom. The Hall–Kier alpha value is -0.670. The van der Waals surface area contributed by atoms with Gasteiger partial charge in [-0.15, -0.1) is 0 Å². The molecule has 0 saturated heterocycles. The number of benzene rings is 1. The molecule has 0 spiro atoms. The molecule has 0 aromatic heterocycles. The van der Waals surface area contributed by atoms with Crippen LogP contribution in [0.1, 0.15) is 18.4 Å². The average Bonchev–Trinajstić information content (AvgIpc) is 2.34. The Kier molecular flexibility index (Phi) is 5.79. The molecule has 0 heterocycles. The standard InChI is InChI=1S/C12H13BrF4O3S/c1-9-3-5-10(6-4-9)21(18,19)20-8-2-7-11(14,15)12(13,16)17/h3-6H,2,7-8H2,1H3. The summed E-state index contributed by atoms with van der Waals surface area (Å²) in [4.78, 5) is -4.46. The minimum absolute atomic E-state index is 0.120. The molecule has 1 aromatic carbocycles. The van der Waals surface area contributed by atoms with Crippen LogP contribution in [0.5, 0.6) is 0 Å². The van der Waals surface area contributed by atoms with Crippen LogP contribution in [-0.4, -0.2) is 25.8 Å². The highest BCUT2D eigenvalue weighted by molar-refractivity contribution is 9.10. The molecule has 0 atom stereocenters. The Labute approximate surface area is 128 Å². The van der Waals surface area contributed by atoms with Crippen LogP contribution in [0.4, 0.5) is 17.6 Å². The van der Waals surface area contributed by atoms with Crippen molar-refractivity contribution in [2.75, 3.05) is 6.61 Å². The van der Waals surface area contributed by atoms with Gasteiger partial charge in [0.15, 0.2) is 0 Å². The predicted octanol–water partition coefficient (Wildman–Crippen LogP) is 4.10. The predicted molar refractivity (Wildman–Crippen MR) is 72.4 cm³/mol. The van der Waals surface area contributed by atoms with Crippen molar-refractivity contribution in [3.8, 4) is 0 Å². The SMILES string of the molecule is Cc1ccc(S(=O)(=O)OCCCC(F)(F)C(F)(F)Br)cc1. The summed E-state index contributed by atoms with van der Waals surface area (Å²) in [5, 5.41) is 0. The summed E-state index contributed by atoms with van der Waals surface area (Å²) in [7, 11) is -4.07. The molecule has 0 bridgehead atoms. The maximum atomic E-state index is 12.9. The lowest BCUT2D eigenvalue weighted by Crippen LogP contribution is -2.35. The van der Waals surface area contributed by atoms with Gasteiger partial charge in [0.1, 0.15) is 0 Å². The van der Waals surface area contributed by atoms with E-state index in [1.165, 1.54) is 12.1 Å². The maximum Gasteiger partial charge on any atom is 0.363 e. The van der Waals surface area contributed by atoms with Crippen molar-refractivity contribution in [1.82, 2.24) is 0 Å². The first-order valence-electron chi connectivity index (χ1n) is 5.86. The summed E-state index contributed by atoms with van der Waals surface area (Å²) >= 11 is 1.59. The first-order chi connectivity index (χ1) is 9.46. The highest BCUT2D eigenvalue weighted by Gasteiger charge is 2.53. The zero-order chi connectivity index (χ0) is 16.3. The molecule has 21 heavy (non-hydrogen) atoms. The fourth-order valence-electron chi connectivity index (χ4n) is 1.38. The smallest absolute Gasteiger partial charge is 0.266 e. The molecule has 0 radical (unpaired) electrons. The summed E-state index contributed by atoms with van der Waals surface area (Å²) in [6, 6.07) is 5.73. The first-order valence-corrected chi connectivity index (χ1v) is 8.06. The largest absolute Gasteiger partial charge is 0.363 e. The normalized spacial score (nSPS) is 13.4. The molecule has 0 amide bonds. The van der Waals surface area contributed by atoms with Crippen molar-refractivity contribution >= 4 is 26.0 Å². The van der Waals surface area contributed by atoms with Crippen LogP contribution in [0.25, 0.3) is 0 Å². The average molecular weight is 393 g/mol. The number of hydrogen-bond donors (Lipinski definition) is 0. The number of halogens is 5. The van der Waals surface area contributed by atoms with Gasteiger partial charge in [-0.2, -0.15) is 26.0 Å². The molecule has 9 heteroatoms. The van der Waals surface area contributed by atoms with E-state index in [0.717, 1.165) is 5.56 Å². The van der Waals surface area contributed by atoms with Crippen LogP contribution in [-0.2, 0) is 14.3 Å². The lowest BCUT2D eigenvalue weighted by Gasteiger charge is -2.21. The quantitative estimate of drug-likeness (QED) is 0.303. The van der Waals surface area contributed by atoms with Gasteiger partial charge < -0.3 is 0 Å². The third kappa shape index (κ3) is 5.23. The lowest BCUT2D eigenvalue weighted by molar-refractivity contribution is -0.152. The molecule has 0 unspecified atom stereocenters. The van der Waals surface area contributed by atoms with Gasteiger partial charge >= 0.3 is 10.8 Å². The van der Waals surface area contributed by atoms with E-state index in [1.54, 1.807) is 35.0 Å². The first kappa shape index (κ1) is 18.4. The molecule has 120 valence electrons. The molecular weight excluding hydrogens is 380 g/mol. The highest BCUT2D eigenvalue weighted by Crippen LogP contribution is 2.42. The lowest BCUT2D eigenvalue weighted by atomic mass is 10.2. The summed E-state index contributed by atoms with van der Waals surface area (Å²) in [6.45, 7) is 1.16. The van der Waals surface area contributed by atoms with E-state index >= 15 is 0 Å². The van der Waals surface area contributed by atoms with Crippen molar-refractivity contribution in [3.63, 3.8) is 0 Å². The molecule has 0 aliphatic carbocycles. The second kappa shape index (κ2) is 6.62. The zero-order valence-electron chi connectivity index (χ0n) is 11.0. The minimum Gasteiger partial charge on any atom is -0.266 e. The maximum absolute atomic E-state index is 12.9. The summed E-state index contributed by atoms with van der Waals surface area (Å²) < 4.78 is 78.7. The van der Waals surface area contributed by atoms with Crippen LogP contribution in [0.15, 0.2) is 29.2 Å². The van der Waals surface area contributed by atoms with Crippen molar-refractivity contribution in [3.05, 3.63) is 29.8 Å². The summed E-state index contributed by atoms with van der Waals surface area (Å²) in [6.07, 6.45) is -1.73. The van der Waals surface area contributed by atoms with Gasteiger partial charge in [0.05, 0.1) is 11.5 Å². The Balaban J connectivity index is 2.54. The molecule has 0 aliphatic rings. The molecule has 0 N–H and O–H groups in total. The summed E-state index contributed by atoms with van der Waals surface area (Å²) in [5.41, 5.74) is 0.841. The van der Waals surface area contributed by atoms with E-state index in [-0.39, 0.29) is 4.90 Å². The van der Waals surface area contributed by atoms with Crippen LogP contribution >= 0.6 is 15.9 Å². The molecule has 1 rings (SSSR count). The Morgan fingerprint density at radius 2 is 1.67 bits per heavy atom. The van der Waals surface area contributed by atoms with Crippen LogP contribution in [0, 0.1) is 6.92 Å². The van der Waals surface area contributed by atoms with Crippen molar-refractivity contribution in [2.24, 2.45) is 0 Å². The second-order valence-electron chi connectivity index (χ2n) is 4.39. The molecule has 0 fully saturated rings. The number of hydrogen-bond acceptors (Lipinski definition) is 3. The molecule has 1 aromatic rings. The van der Waals surface area contributed by atoms with Crippen molar-refractivity contribution < 1.29 is 30.2 Å². The van der Waals surface area contributed by atoms with E-state index in [1.807, 2.05) is 0 Å². The fourth-order valence-corrected chi connectivity index (χ4v) is 2.52. The van der Waals surface area contributed by atoms with Gasteiger partial charge in [-0.05, 0) is 41.4 Å². The van der Waals surface area contributed by atoms with E-state index in [0.29, 0.717) is 0 Å². The van der Waals surface area contributed by atoms with E-state index in [9.17, 15) is 26.0 Å². The van der Waals surface area contributed by atoms with Gasteiger partial charge in [0.2, 0.25) is 0 Å². The number of aryl methyl sites for hydroxylation is 1. The number of rotatable bonds is 7. The van der Waals surface area contributed by atoms with Gasteiger partial charge in [0, 0.05) is 6.42 Å². The van der Waals surface area contributed by atoms with Gasteiger partial charge in [-0.1, -0.05) is 17.7 Å². The van der Waals surface area contributed by atoms with E-state index < -0.39 is 40.3 Å². The van der Waals surface area contributed by atoms with Crippen LogP contribution in [0.3, 0.4) is 0 Å². The Bertz CT molecular complexity index is 567. The highest BCUT2D eigenvalue weighted by atomic mass is 79.9.